The molecular weight excluding hydrogens is 316 g/mol. The van der Waals surface area contributed by atoms with Crippen LogP contribution in [0.1, 0.15) is 19.3 Å². The van der Waals surface area contributed by atoms with Crippen molar-refractivity contribution in [2.24, 2.45) is 0 Å². The quantitative estimate of drug-likeness (QED) is 0.282. The molecule has 0 saturated carbocycles. The zero-order chi connectivity index (χ0) is 15.9. The number of carbonyl (C=O) groups is 2. The van der Waals surface area contributed by atoms with E-state index >= 15 is 0 Å². The molecule has 5 unspecified atom stereocenters. The SMILES string of the molecule is C=CC(=O)OCCCC(=O)OC1C2CC3C(O2)C1OS3(=O)=O. The smallest absolute Gasteiger partial charge is 0.330 e. The van der Waals surface area contributed by atoms with Crippen molar-refractivity contribution in [3.8, 4) is 0 Å². The first-order valence-electron chi connectivity index (χ1n) is 6.98. The Balaban J connectivity index is 1.47. The summed E-state index contributed by atoms with van der Waals surface area (Å²) in [5.74, 6) is -1.05. The van der Waals surface area contributed by atoms with Gasteiger partial charge in [0, 0.05) is 12.5 Å². The summed E-state index contributed by atoms with van der Waals surface area (Å²) in [5.41, 5.74) is 0. The van der Waals surface area contributed by atoms with Crippen molar-refractivity contribution in [1.29, 1.82) is 0 Å². The third-order valence-corrected chi connectivity index (χ3v) is 5.69. The summed E-state index contributed by atoms with van der Waals surface area (Å²) < 4.78 is 44.0. The molecule has 3 aliphatic heterocycles. The lowest BCUT2D eigenvalue weighted by molar-refractivity contribution is -0.155. The molecule has 2 bridgehead atoms. The lowest BCUT2D eigenvalue weighted by Gasteiger charge is -2.21. The number of ether oxygens (including phenoxy) is 3. The highest BCUT2D eigenvalue weighted by Crippen LogP contribution is 2.47. The molecule has 3 aliphatic rings. The minimum atomic E-state index is -3.62. The maximum Gasteiger partial charge on any atom is 0.330 e. The first-order valence-corrected chi connectivity index (χ1v) is 8.46. The summed E-state index contributed by atoms with van der Waals surface area (Å²) in [5, 5.41) is -0.643. The zero-order valence-electron chi connectivity index (χ0n) is 11.7. The molecule has 122 valence electrons. The normalized spacial score (nSPS) is 37.0. The van der Waals surface area contributed by atoms with E-state index in [1.54, 1.807) is 0 Å². The van der Waals surface area contributed by atoms with Gasteiger partial charge in [-0.3, -0.25) is 8.98 Å². The molecule has 8 nitrogen and oxygen atoms in total. The van der Waals surface area contributed by atoms with E-state index in [2.05, 4.69) is 6.58 Å². The van der Waals surface area contributed by atoms with Gasteiger partial charge < -0.3 is 14.2 Å². The second kappa shape index (κ2) is 5.64. The van der Waals surface area contributed by atoms with Gasteiger partial charge in [0.2, 0.25) is 0 Å². The Hall–Kier alpha value is -1.45. The zero-order valence-corrected chi connectivity index (χ0v) is 12.5. The lowest BCUT2D eigenvalue weighted by Crippen LogP contribution is -2.41. The van der Waals surface area contributed by atoms with Gasteiger partial charge >= 0.3 is 11.9 Å². The average Bonchev–Trinajstić information content (AvgIpc) is 3.07. The van der Waals surface area contributed by atoms with Gasteiger partial charge in [-0.25, -0.2) is 4.79 Å². The average molecular weight is 332 g/mol. The summed E-state index contributed by atoms with van der Waals surface area (Å²) in [4.78, 5) is 22.6. The van der Waals surface area contributed by atoms with Gasteiger partial charge in [0.1, 0.15) is 17.5 Å². The molecule has 0 aliphatic carbocycles. The highest BCUT2D eigenvalue weighted by atomic mass is 32.2. The highest BCUT2D eigenvalue weighted by molar-refractivity contribution is 7.87. The fourth-order valence-corrected chi connectivity index (χ4v) is 4.67. The van der Waals surface area contributed by atoms with Crippen molar-refractivity contribution >= 4 is 22.1 Å². The summed E-state index contributed by atoms with van der Waals surface area (Å²) >= 11 is 0. The molecule has 0 aromatic heterocycles. The molecule has 0 amide bonds. The second-order valence-electron chi connectivity index (χ2n) is 5.40. The Morgan fingerprint density at radius 1 is 1.32 bits per heavy atom. The monoisotopic (exact) mass is 332 g/mol. The van der Waals surface area contributed by atoms with Crippen LogP contribution in [-0.4, -0.2) is 56.6 Å². The molecule has 5 atom stereocenters. The highest BCUT2D eigenvalue weighted by Gasteiger charge is 2.67. The molecule has 3 fully saturated rings. The van der Waals surface area contributed by atoms with Gasteiger partial charge in [-0.2, -0.15) is 8.42 Å². The molecule has 3 saturated heterocycles. The van der Waals surface area contributed by atoms with Crippen molar-refractivity contribution in [2.45, 2.75) is 48.9 Å². The van der Waals surface area contributed by atoms with Crippen LogP contribution in [-0.2, 0) is 38.1 Å². The van der Waals surface area contributed by atoms with Crippen LogP contribution in [0.5, 0.6) is 0 Å². The van der Waals surface area contributed by atoms with Crippen LogP contribution in [0.4, 0.5) is 0 Å². The van der Waals surface area contributed by atoms with E-state index in [0.29, 0.717) is 12.8 Å². The van der Waals surface area contributed by atoms with Crippen LogP contribution in [0.2, 0.25) is 0 Å². The van der Waals surface area contributed by atoms with Crippen LogP contribution >= 0.6 is 0 Å². The molecule has 0 spiro atoms. The minimum Gasteiger partial charge on any atom is -0.463 e. The second-order valence-corrected chi connectivity index (χ2v) is 7.18. The number of carbonyl (C=O) groups excluding carboxylic acids is 2. The lowest BCUT2D eigenvalue weighted by atomic mass is 9.94. The summed E-state index contributed by atoms with van der Waals surface area (Å²) in [6.45, 7) is 3.34. The third-order valence-electron chi connectivity index (χ3n) is 4.00. The first kappa shape index (κ1) is 15.4. The molecule has 3 rings (SSSR count). The van der Waals surface area contributed by atoms with Crippen molar-refractivity contribution < 1.29 is 36.4 Å². The van der Waals surface area contributed by atoms with Gasteiger partial charge in [0.05, 0.1) is 12.7 Å². The maximum atomic E-state index is 11.8. The summed E-state index contributed by atoms with van der Waals surface area (Å²) in [6, 6.07) is 0. The van der Waals surface area contributed by atoms with Crippen molar-refractivity contribution in [1.82, 2.24) is 0 Å². The third kappa shape index (κ3) is 2.64. The van der Waals surface area contributed by atoms with Crippen molar-refractivity contribution in [3.63, 3.8) is 0 Å². The van der Waals surface area contributed by atoms with E-state index in [4.69, 9.17) is 18.4 Å². The van der Waals surface area contributed by atoms with E-state index in [1.165, 1.54) is 0 Å². The predicted octanol–water partition coefficient (Wildman–Crippen LogP) is -0.324. The molecule has 3 heterocycles. The number of hydrogen-bond donors (Lipinski definition) is 0. The molecule has 0 radical (unpaired) electrons. The van der Waals surface area contributed by atoms with Gasteiger partial charge in [-0.1, -0.05) is 6.58 Å². The largest absolute Gasteiger partial charge is 0.463 e. The van der Waals surface area contributed by atoms with Crippen LogP contribution < -0.4 is 0 Å². The fraction of sp³-hybridized carbons (Fsp3) is 0.692. The number of esters is 2. The Bertz CT molecular complexity index is 597. The summed E-state index contributed by atoms with van der Waals surface area (Å²) in [6.07, 6.45) is -0.704. The van der Waals surface area contributed by atoms with Crippen LogP contribution in [0.3, 0.4) is 0 Å². The van der Waals surface area contributed by atoms with E-state index in [9.17, 15) is 18.0 Å². The topological polar surface area (TPSA) is 105 Å². The van der Waals surface area contributed by atoms with Gasteiger partial charge in [-0.15, -0.1) is 0 Å². The van der Waals surface area contributed by atoms with Crippen LogP contribution in [0, 0.1) is 0 Å². The number of rotatable bonds is 6. The Kier molecular flexibility index (Phi) is 3.96. The Labute approximate surface area is 127 Å². The molecule has 0 N–H and O–H groups in total. The predicted molar refractivity (Wildman–Crippen MR) is 71.1 cm³/mol. The van der Waals surface area contributed by atoms with E-state index in [-0.39, 0.29) is 13.0 Å². The number of hydrogen-bond acceptors (Lipinski definition) is 8. The molecule has 22 heavy (non-hydrogen) atoms. The first-order chi connectivity index (χ1) is 10.4. The Morgan fingerprint density at radius 2 is 2.09 bits per heavy atom. The minimum absolute atomic E-state index is 0.0568. The molecule has 0 aromatic rings. The van der Waals surface area contributed by atoms with E-state index < -0.39 is 51.7 Å². The fourth-order valence-electron chi connectivity index (χ4n) is 3.03. The van der Waals surface area contributed by atoms with E-state index in [1.807, 2.05) is 0 Å². The molecular formula is C13H16O8S. The van der Waals surface area contributed by atoms with Crippen LogP contribution in [0.15, 0.2) is 12.7 Å². The van der Waals surface area contributed by atoms with Crippen molar-refractivity contribution in [2.75, 3.05) is 6.61 Å². The maximum absolute atomic E-state index is 11.8. The summed E-state index contributed by atoms with van der Waals surface area (Å²) in [7, 11) is -3.62. The van der Waals surface area contributed by atoms with Gasteiger partial charge in [0.25, 0.3) is 10.1 Å². The Morgan fingerprint density at radius 3 is 2.82 bits per heavy atom. The molecule has 9 heteroatoms. The van der Waals surface area contributed by atoms with Crippen molar-refractivity contribution in [3.05, 3.63) is 12.7 Å². The van der Waals surface area contributed by atoms with Crippen LogP contribution in [0.25, 0.3) is 0 Å². The molecule has 0 aromatic carbocycles. The standard InChI is InChI=1S/C13H16O8S/c1-2-9(14)18-5-3-4-10(15)20-11-7-6-8-12(19-7)13(11)21-22(8,16)17/h2,7-8,11-13H,1,3-6H2. The van der Waals surface area contributed by atoms with E-state index in [0.717, 1.165) is 6.08 Å². The van der Waals surface area contributed by atoms with Gasteiger partial charge in [0.15, 0.2) is 6.10 Å². The van der Waals surface area contributed by atoms with Gasteiger partial charge in [-0.05, 0) is 12.8 Å². The number of fused-ring (bicyclic) bond motifs is 1.